The van der Waals surface area contributed by atoms with E-state index in [1.165, 1.54) is 18.5 Å². The van der Waals surface area contributed by atoms with Crippen molar-refractivity contribution in [2.24, 2.45) is 5.92 Å². The molecule has 0 bridgehead atoms. The standard InChI is InChI=1S/C12H28P2/c1-8-13(6)10-14(7)12(4,5)9-11(2)3/h11,13-14H,6-10H2,1-5H3. The van der Waals surface area contributed by atoms with Gasteiger partial charge >= 0.3 is 0 Å². The first-order valence-corrected chi connectivity index (χ1v) is 9.68. The van der Waals surface area contributed by atoms with Gasteiger partial charge in [-0.1, -0.05) is 34.6 Å². The molecular formula is C12H28P2. The van der Waals surface area contributed by atoms with Crippen LogP contribution in [0, 0.1) is 5.92 Å². The lowest BCUT2D eigenvalue weighted by atomic mass is 10.00. The van der Waals surface area contributed by atoms with E-state index in [9.17, 15) is 0 Å². The zero-order chi connectivity index (χ0) is 11.4. The summed E-state index contributed by atoms with van der Waals surface area (Å²) in [5.74, 6) is 2.17. The van der Waals surface area contributed by atoms with Crippen LogP contribution in [0.4, 0.5) is 0 Å². The fourth-order valence-electron chi connectivity index (χ4n) is 1.83. The average molecular weight is 234 g/mol. The third-order valence-corrected chi connectivity index (χ3v) is 9.66. The quantitative estimate of drug-likeness (QED) is 0.607. The minimum absolute atomic E-state index is 0.313. The molecule has 86 valence electrons. The second-order valence-corrected chi connectivity index (χ2v) is 11.5. The van der Waals surface area contributed by atoms with Crippen molar-refractivity contribution in [1.82, 2.24) is 0 Å². The van der Waals surface area contributed by atoms with Crippen LogP contribution < -0.4 is 0 Å². The van der Waals surface area contributed by atoms with Crippen molar-refractivity contribution in [1.29, 1.82) is 0 Å². The van der Waals surface area contributed by atoms with Gasteiger partial charge in [0.05, 0.1) is 0 Å². The molecule has 0 aliphatic carbocycles. The molecule has 0 aromatic carbocycles. The first-order valence-electron chi connectivity index (χ1n) is 5.64. The Hall–Kier alpha value is 0.600. The maximum absolute atomic E-state index is 4.44. The molecule has 0 radical (unpaired) electrons. The Bertz CT molecular complexity index is 214. The molecule has 0 nitrogen and oxygen atoms in total. The van der Waals surface area contributed by atoms with Gasteiger partial charge in [-0.15, -0.1) is 27.7 Å². The van der Waals surface area contributed by atoms with Gasteiger partial charge in [-0.2, -0.15) is 0 Å². The topological polar surface area (TPSA) is 0 Å². The SMILES string of the molecule is C=[PH](CC)C[PH](=C)C(C)(C)CC(C)C. The van der Waals surface area contributed by atoms with Crippen LogP contribution in [0.25, 0.3) is 0 Å². The van der Waals surface area contributed by atoms with Gasteiger partial charge in [-0.3, -0.25) is 0 Å². The molecule has 0 N–H and O–H groups in total. The van der Waals surface area contributed by atoms with Gasteiger partial charge in [0.1, 0.15) is 0 Å². The summed E-state index contributed by atoms with van der Waals surface area (Å²) >= 11 is 0. The van der Waals surface area contributed by atoms with E-state index in [2.05, 4.69) is 47.2 Å². The molecule has 0 saturated heterocycles. The number of hydrogen-bond acceptors (Lipinski definition) is 0. The van der Waals surface area contributed by atoms with Crippen molar-refractivity contribution >= 4 is 27.7 Å². The summed E-state index contributed by atoms with van der Waals surface area (Å²) in [6.07, 6.45) is 11.3. The molecule has 2 unspecified atom stereocenters. The van der Waals surface area contributed by atoms with Gasteiger partial charge in [0.15, 0.2) is 0 Å². The molecule has 0 heterocycles. The molecule has 14 heavy (non-hydrogen) atoms. The Labute approximate surface area is 92.3 Å². The highest BCUT2D eigenvalue weighted by Crippen LogP contribution is 2.47. The lowest BCUT2D eigenvalue weighted by Gasteiger charge is -2.31. The van der Waals surface area contributed by atoms with Crippen LogP contribution in [0.2, 0.25) is 0 Å². The molecule has 0 spiro atoms. The van der Waals surface area contributed by atoms with E-state index < -0.39 is 7.55 Å². The van der Waals surface area contributed by atoms with Gasteiger partial charge in [0, 0.05) is 0 Å². The van der Waals surface area contributed by atoms with Crippen LogP contribution in [0.15, 0.2) is 0 Å². The molecule has 0 aliphatic rings. The Morgan fingerprint density at radius 1 is 1.21 bits per heavy atom. The summed E-state index contributed by atoms with van der Waals surface area (Å²) in [4.78, 5) is 0. The van der Waals surface area contributed by atoms with Crippen LogP contribution in [-0.4, -0.2) is 29.8 Å². The van der Waals surface area contributed by atoms with Gasteiger partial charge in [-0.05, 0) is 29.6 Å². The molecule has 2 heteroatoms. The molecule has 2 atom stereocenters. The molecule has 0 amide bonds. The third kappa shape index (κ3) is 5.47. The molecule has 0 aromatic heterocycles. The molecule has 0 rings (SSSR count). The van der Waals surface area contributed by atoms with Crippen molar-refractivity contribution in [2.45, 2.75) is 46.2 Å². The highest BCUT2D eigenvalue weighted by Gasteiger charge is 2.21. The minimum atomic E-state index is -0.439. The Morgan fingerprint density at radius 3 is 2.07 bits per heavy atom. The summed E-state index contributed by atoms with van der Waals surface area (Å²) in [6.45, 7) is 11.7. The molecular weight excluding hydrogens is 206 g/mol. The summed E-state index contributed by atoms with van der Waals surface area (Å²) in [5, 5.41) is 0.488. The highest BCUT2D eigenvalue weighted by molar-refractivity contribution is 7.73. The van der Waals surface area contributed by atoms with Gasteiger partial charge in [-0.25, -0.2) is 0 Å². The van der Waals surface area contributed by atoms with E-state index >= 15 is 0 Å². The Balaban J connectivity index is 4.28. The minimum Gasteiger partial charge on any atom is -0.121 e. The summed E-state index contributed by atoms with van der Waals surface area (Å²) in [5.41, 5.74) is 0. The fourth-order valence-corrected chi connectivity index (χ4v) is 7.86. The number of rotatable bonds is 6. The maximum Gasteiger partial charge on any atom is -0.0178 e. The normalized spacial score (nSPS) is 17.0. The van der Waals surface area contributed by atoms with Gasteiger partial charge in [0.2, 0.25) is 0 Å². The van der Waals surface area contributed by atoms with E-state index in [4.69, 9.17) is 0 Å². The van der Waals surface area contributed by atoms with E-state index in [1.54, 1.807) is 0 Å². The van der Waals surface area contributed by atoms with Gasteiger partial charge in [0.25, 0.3) is 0 Å². The Kier molecular flexibility index (Phi) is 6.51. The first kappa shape index (κ1) is 14.6. The van der Waals surface area contributed by atoms with Crippen LogP contribution in [-0.2, 0) is 0 Å². The van der Waals surface area contributed by atoms with E-state index in [1.807, 2.05) is 0 Å². The van der Waals surface area contributed by atoms with Crippen molar-refractivity contribution in [3.8, 4) is 0 Å². The van der Waals surface area contributed by atoms with Crippen LogP contribution in [0.5, 0.6) is 0 Å². The van der Waals surface area contributed by atoms with Crippen LogP contribution >= 0.6 is 15.1 Å². The second-order valence-electron chi connectivity index (χ2n) is 5.37. The van der Waals surface area contributed by atoms with E-state index in [0.717, 1.165) is 5.92 Å². The van der Waals surface area contributed by atoms with Crippen molar-refractivity contribution < 1.29 is 0 Å². The molecule has 0 fully saturated rings. The zero-order valence-corrected chi connectivity index (χ0v) is 12.6. The summed E-state index contributed by atoms with van der Waals surface area (Å²) in [7, 11) is -0.752. The molecule has 0 saturated carbocycles. The van der Waals surface area contributed by atoms with Crippen molar-refractivity contribution in [3.63, 3.8) is 0 Å². The zero-order valence-electron chi connectivity index (χ0n) is 10.6. The lowest BCUT2D eigenvalue weighted by Crippen LogP contribution is -2.18. The number of hydrogen-bond donors (Lipinski definition) is 0. The highest BCUT2D eigenvalue weighted by atomic mass is 31.2. The van der Waals surface area contributed by atoms with E-state index in [0.29, 0.717) is 5.16 Å². The lowest BCUT2D eigenvalue weighted by molar-refractivity contribution is 0.499. The predicted molar refractivity (Wildman–Crippen MR) is 79.8 cm³/mol. The summed E-state index contributed by atoms with van der Waals surface area (Å²) in [6, 6.07) is 0. The van der Waals surface area contributed by atoms with Gasteiger partial charge < -0.3 is 0 Å². The average Bonchev–Trinajstić information content (AvgIpc) is 2.01. The van der Waals surface area contributed by atoms with Crippen LogP contribution in [0.1, 0.15) is 41.0 Å². The second kappa shape index (κ2) is 6.24. The third-order valence-electron chi connectivity index (χ3n) is 2.84. The van der Waals surface area contributed by atoms with E-state index in [-0.39, 0.29) is 7.55 Å². The molecule has 0 aromatic rings. The van der Waals surface area contributed by atoms with Crippen molar-refractivity contribution in [2.75, 3.05) is 12.1 Å². The molecule has 0 aliphatic heterocycles. The smallest absolute Gasteiger partial charge is 0.0178 e. The maximum atomic E-state index is 4.44. The monoisotopic (exact) mass is 234 g/mol. The first-order chi connectivity index (χ1) is 6.29. The van der Waals surface area contributed by atoms with Crippen LogP contribution in [0.3, 0.4) is 0 Å². The fraction of sp³-hybridized carbons (Fsp3) is 0.833. The predicted octanol–water partition coefficient (Wildman–Crippen LogP) is 4.08. The largest absolute Gasteiger partial charge is 0.121 e. The summed E-state index contributed by atoms with van der Waals surface area (Å²) < 4.78 is 0. The Morgan fingerprint density at radius 2 is 1.71 bits per heavy atom. The van der Waals surface area contributed by atoms with Crippen molar-refractivity contribution in [3.05, 3.63) is 0 Å².